The van der Waals surface area contributed by atoms with Crippen molar-refractivity contribution in [2.24, 2.45) is 0 Å². The average molecular weight is 294 g/mol. The molecule has 0 radical (unpaired) electrons. The van der Waals surface area contributed by atoms with Crippen LogP contribution in [0.2, 0.25) is 0 Å². The first-order valence-corrected chi connectivity index (χ1v) is 6.77. The van der Waals surface area contributed by atoms with Gasteiger partial charge in [0.2, 0.25) is 0 Å². The Morgan fingerprint density at radius 3 is 2.76 bits per heavy atom. The Kier molecular flexibility index (Phi) is 5.25. The number of benzene rings is 1. The van der Waals surface area contributed by atoms with Crippen molar-refractivity contribution < 1.29 is 24.2 Å². The van der Waals surface area contributed by atoms with Crippen molar-refractivity contribution in [3.05, 3.63) is 24.3 Å². The van der Waals surface area contributed by atoms with E-state index >= 15 is 0 Å². The van der Waals surface area contributed by atoms with Crippen LogP contribution in [-0.4, -0.2) is 42.9 Å². The molecule has 7 heteroatoms. The van der Waals surface area contributed by atoms with Crippen LogP contribution in [0.4, 0.5) is 4.79 Å². The lowest BCUT2D eigenvalue weighted by molar-refractivity contribution is -0.137. The number of carbonyl (C=O) groups excluding carboxylic acids is 1. The van der Waals surface area contributed by atoms with Crippen molar-refractivity contribution in [3.8, 4) is 11.5 Å². The summed E-state index contributed by atoms with van der Waals surface area (Å²) >= 11 is 0. The van der Waals surface area contributed by atoms with Crippen molar-refractivity contribution in [3.63, 3.8) is 0 Å². The number of fused-ring (bicyclic) bond motifs is 1. The fraction of sp³-hybridized carbons (Fsp3) is 0.429. The highest BCUT2D eigenvalue weighted by Crippen LogP contribution is 2.30. The molecule has 0 spiro atoms. The van der Waals surface area contributed by atoms with Crippen LogP contribution in [0.3, 0.4) is 0 Å². The molecule has 0 aliphatic carbocycles. The van der Waals surface area contributed by atoms with Crippen molar-refractivity contribution in [1.82, 2.24) is 10.6 Å². The van der Waals surface area contributed by atoms with E-state index in [-0.39, 0.29) is 18.6 Å². The lowest BCUT2D eigenvalue weighted by Gasteiger charge is -2.26. The molecule has 0 saturated carbocycles. The third-order valence-corrected chi connectivity index (χ3v) is 2.91. The molecular formula is C14H18N2O5. The number of hydrogen-bond donors (Lipinski definition) is 3. The highest BCUT2D eigenvalue weighted by atomic mass is 16.6. The Hall–Kier alpha value is -2.44. The minimum Gasteiger partial charge on any atom is -0.486 e. The first-order chi connectivity index (χ1) is 10.1. The van der Waals surface area contributed by atoms with Crippen molar-refractivity contribution >= 4 is 12.0 Å². The molecule has 2 amide bonds. The second kappa shape index (κ2) is 7.37. The summed E-state index contributed by atoms with van der Waals surface area (Å²) in [5, 5.41) is 13.7. The summed E-state index contributed by atoms with van der Waals surface area (Å²) in [5.41, 5.74) is 0. The van der Waals surface area contributed by atoms with Gasteiger partial charge in [-0.05, 0) is 18.6 Å². The Labute approximate surface area is 122 Å². The lowest BCUT2D eigenvalue weighted by Crippen LogP contribution is -2.44. The van der Waals surface area contributed by atoms with Crippen LogP contribution < -0.4 is 20.1 Å². The molecule has 0 bridgehead atoms. The maximum Gasteiger partial charge on any atom is 0.314 e. The number of hydrogen-bond acceptors (Lipinski definition) is 4. The second-order valence-corrected chi connectivity index (χ2v) is 4.63. The van der Waals surface area contributed by atoms with Gasteiger partial charge in [-0.1, -0.05) is 12.1 Å². The smallest absolute Gasteiger partial charge is 0.314 e. The van der Waals surface area contributed by atoms with E-state index in [0.717, 1.165) is 0 Å². The summed E-state index contributed by atoms with van der Waals surface area (Å²) in [4.78, 5) is 21.8. The lowest BCUT2D eigenvalue weighted by atomic mass is 10.2. The summed E-state index contributed by atoms with van der Waals surface area (Å²) in [5.74, 6) is 0.493. The molecule has 1 unspecified atom stereocenters. The fourth-order valence-electron chi connectivity index (χ4n) is 1.87. The topological polar surface area (TPSA) is 96.9 Å². The zero-order valence-electron chi connectivity index (χ0n) is 11.5. The third kappa shape index (κ3) is 4.87. The van der Waals surface area contributed by atoms with Crippen molar-refractivity contribution in [2.45, 2.75) is 18.9 Å². The zero-order chi connectivity index (χ0) is 15.1. The molecule has 3 N–H and O–H groups in total. The van der Waals surface area contributed by atoms with Crippen LogP contribution in [0.25, 0.3) is 0 Å². The van der Waals surface area contributed by atoms with E-state index in [9.17, 15) is 9.59 Å². The van der Waals surface area contributed by atoms with E-state index in [0.29, 0.717) is 37.6 Å². The Morgan fingerprint density at radius 1 is 1.24 bits per heavy atom. The molecule has 1 aromatic carbocycles. The molecule has 21 heavy (non-hydrogen) atoms. The number of para-hydroxylation sites is 2. The summed E-state index contributed by atoms with van der Waals surface area (Å²) in [6.45, 7) is 1.01. The molecule has 114 valence electrons. The van der Waals surface area contributed by atoms with Gasteiger partial charge in [0, 0.05) is 13.0 Å². The number of carboxylic acid groups (broad SMARTS) is 1. The standard InChI is InChI=1S/C14H18N2O5/c17-13(18)6-3-7-15-14(19)16-8-10-9-20-11-4-1-2-5-12(11)21-10/h1-2,4-5,10H,3,6-9H2,(H,17,18)(H2,15,16,19). The summed E-state index contributed by atoms with van der Waals surface area (Å²) in [6, 6.07) is 7.02. The third-order valence-electron chi connectivity index (χ3n) is 2.91. The molecular weight excluding hydrogens is 276 g/mol. The molecule has 2 rings (SSSR count). The monoisotopic (exact) mass is 294 g/mol. The predicted molar refractivity (Wildman–Crippen MR) is 74.6 cm³/mol. The van der Waals surface area contributed by atoms with E-state index in [4.69, 9.17) is 14.6 Å². The van der Waals surface area contributed by atoms with Gasteiger partial charge in [0.15, 0.2) is 17.6 Å². The van der Waals surface area contributed by atoms with Gasteiger partial charge in [0.25, 0.3) is 0 Å². The van der Waals surface area contributed by atoms with Gasteiger partial charge in [-0.15, -0.1) is 0 Å². The minimum atomic E-state index is -0.872. The number of urea groups is 1. The SMILES string of the molecule is O=C(O)CCCNC(=O)NCC1COc2ccccc2O1. The highest BCUT2D eigenvalue weighted by Gasteiger charge is 2.20. The van der Waals surface area contributed by atoms with Gasteiger partial charge in [-0.3, -0.25) is 4.79 Å². The van der Waals surface area contributed by atoms with Gasteiger partial charge in [-0.25, -0.2) is 4.79 Å². The van der Waals surface area contributed by atoms with E-state index in [1.54, 1.807) is 0 Å². The number of aliphatic carboxylic acids is 1. The van der Waals surface area contributed by atoms with E-state index < -0.39 is 5.97 Å². The molecule has 1 heterocycles. The number of rotatable bonds is 6. The minimum absolute atomic E-state index is 0.0383. The van der Waals surface area contributed by atoms with Crippen molar-refractivity contribution in [2.75, 3.05) is 19.7 Å². The van der Waals surface area contributed by atoms with Crippen LogP contribution in [0.5, 0.6) is 11.5 Å². The van der Waals surface area contributed by atoms with Crippen LogP contribution in [0, 0.1) is 0 Å². The fourth-order valence-corrected chi connectivity index (χ4v) is 1.87. The number of carbonyl (C=O) groups is 2. The van der Waals surface area contributed by atoms with Crippen molar-refractivity contribution in [1.29, 1.82) is 0 Å². The van der Waals surface area contributed by atoms with Gasteiger partial charge in [0.1, 0.15) is 6.61 Å². The molecule has 1 atom stereocenters. The maximum atomic E-state index is 11.5. The van der Waals surface area contributed by atoms with Crippen LogP contribution in [0.15, 0.2) is 24.3 Å². The molecule has 0 fully saturated rings. The van der Waals surface area contributed by atoms with E-state index in [1.807, 2.05) is 24.3 Å². The number of ether oxygens (including phenoxy) is 2. The van der Waals surface area contributed by atoms with Gasteiger partial charge in [0.05, 0.1) is 6.54 Å². The Morgan fingerprint density at radius 2 is 2.00 bits per heavy atom. The summed E-state index contributed by atoms with van der Waals surface area (Å²) in [7, 11) is 0. The van der Waals surface area contributed by atoms with E-state index in [2.05, 4.69) is 10.6 Å². The van der Waals surface area contributed by atoms with Gasteiger partial charge in [-0.2, -0.15) is 0 Å². The molecule has 0 aromatic heterocycles. The summed E-state index contributed by atoms with van der Waals surface area (Å²) < 4.78 is 11.2. The first kappa shape index (κ1) is 15.0. The quantitative estimate of drug-likeness (QED) is 0.680. The van der Waals surface area contributed by atoms with Gasteiger partial charge < -0.3 is 25.2 Å². The first-order valence-electron chi connectivity index (χ1n) is 6.77. The van der Waals surface area contributed by atoms with E-state index in [1.165, 1.54) is 0 Å². The molecule has 1 aromatic rings. The predicted octanol–water partition coefficient (Wildman–Crippen LogP) is 0.990. The molecule has 0 saturated heterocycles. The summed E-state index contributed by atoms with van der Waals surface area (Å²) in [6.07, 6.45) is 0.195. The number of amides is 2. The zero-order valence-corrected chi connectivity index (χ0v) is 11.5. The number of carboxylic acids is 1. The molecule has 1 aliphatic heterocycles. The molecule has 1 aliphatic rings. The van der Waals surface area contributed by atoms with Crippen LogP contribution in [0.1, 0.15) is 12.8 Å². The second-order valence-electron chi connectivity index (χ2n) is 4.63. The molecule has 7 nitrogen and oxygen atoms in total. The largest absolute Gasteiger partial charge is 0.486 e. The Balaban J connectivity index is 1.65. The average Bonchev–Trinajstić information content (AvgIpc) is 2.49. The normalized spacial score (nSPS) is 16.1. The van der Waals surface area contributed by atoms with Gasteiger partial charge >= 0.3 is 12.0 Å². The number of nitrogens with one attached hydrogen (secondary N) is 2. The highest BCUT2D eigenvalue weighted by molar-refractivity contribution is 5.74. The van der Waals surface area contributed by atoms with Crippen LogP contribution >= 0.6 is 0 Å². The maximum absolute atomic E-state index is 11.5. The van der Waals surface area contributed by atoms with Crippen LogP contribution in [-0.2, 0) is 4.79 Å². The Bertz CT molecular complexity index is 506.